The van der Waals surface area contributed by atoms with Crippen LogP contribution >= 0.6 is 11.3 Å². The van der Waals surface area contributed by atoms with Gasteiger partial charge in [0.05, 0.1) is 7.11 Å². The molecule has 2 rings (SSSR count). The van der Waals surface area contributed by atoms with E-state index in [1.807, 2.05) is 18.2 Å². The summed E-state index contributed by atoms with van der Waals surface area (Å²) in [5.74, 6) is 1.58. The van der Waals surface area contributed by atoms with Crippen molar-refractivity contribution in [3.63, 3.8) is 0 Å². The van der Waals surface area contributed by atoms with Crippen LogP contribution in [0.1, 0.15) is 30.7 Å². The molecule has 122 valence electrons. The van der Waals surface area contributed by atoms with Crippen molar-refractivity contribution >= 4 is 11.3 Å². The number of hydrogen-bond donors (Lipinski definition) is 1. The Kier molecular flexibility index (Phi) is 8.31. The number of methoxy groups -OCH3 is 1. The maximum Gasteiger partial charge on any atom is 0.161 e. The molecular formula is C17H23ClNO2S-. The van der Waals surface area contributed by atoms with Crippen molar-refractivity contribution in [3.05, 3.63) is 46.2 Å². The third kappa shape index (κ3) is 5.52. The van der Waals surface area contributed by atoms with Crippen molar-refractivity contribution in [1.29, 1.82) is 0 Å². The topological polar surface area (TPSA) is 30.5 Å². The van der Waals surface area contributed by atoms with Gasteiger partial charge in [0.2, 0.25) is 0 Å². The molecule has 0 spiro atoms. The molecule has 1 N–H and O–H groups in total. The van der Waals surface area contributed by atoms with E-state index in [1.54, 1.807) is 18.4 Å². The molecule has 1 atom stereocenters. The number of hydrogen-bond acceptors (Lipinski definition) is 4. The molecule has 0 saturated carbocycles. The number of halogens is 1. The van der Waals surface area contributed by atoms with Crippen molar-refractivity contribution in [3.8, 4) is 11.5 Å². The van der Waals surface area contributed by atoms with Crippen molar-refractivity contribution in [2.24, 2.45) is 0 Å². The lowest BCUT2D eigenvalue weighted by atomic mass is 10.1. The first-order valence-electron chi connectivity index (χ1n) is 7.28. The molecule has 1 heterocycles. The van der Waals surface area contributed by atoms with E-state index in [4.69, 9.17) is 9.47 Å². The molecule has 0 bridgehead atoms. The highest BCUT2D eigenvalue weighted by Crippen LogP contribution is 2.29. The van der Waals surface area contributed by atoms with Crippen LogP contribution in [-0.2, 0) is 13.2 Å². The molecular weight excluding hydrogens is 318 g/mol. The van der Waals surface area contributed by atoms with Crippen LogP contribution in [0, 0.1) is 0 Å². The first-order chi connectivity index (χ1) is 10.2. The van der Waals surface area contributed by atoms with Crippen molar-refractivity contribution in [1.82, 2.24) is 5.32 Å². The van der Waals surface area contributed by atoms with Gasteiger partial charge in [-0.15, -0.1) is 11.3 Å². The first kappa shape index (κ1) is 18.8. The zero-order valence-electron chi connectivity index (χ0n) is 13.3. The summed E-state index contributed by atoms with van der Waals surface area (Å²) in [5, 5.41) is 5.53. The van der Waals surface area contributed by atoms with Crippen LogP contribution in [-0.4, -0.2) is 13.2 Å². The number of rotatable bonds is 8. The highest BCUT2D eigenvalue weighted by molar-refractivity contribution is 7.09. The van der Waals surface area contributed by atoms with Crippen LogP contribution in [0.3, 0.4) is 0 Å². The summed E-state index contributed by atoms with van der Waals surface area (Å²) in [5.41, 5.74) is 1.20. The Morgan fingerprint density at radius 3 is 2.68 bits per heavy atom. The van der Waals surface area contributed by atoms with E-state index in [0.29, 0.717) is 12.6 Å². The predicted molar refractivity (Wildman–Crippen MR) is 88.2 cm³/mol. The molecule has 1 aromatic carbocycles. The summed E-state index contributed by atoms with van der Waals surface area (Å²) >= 11 is 1.70. The Bertz CT molecular complexity index is 546. The van der Waals surface area contributed by atoms with E-state index in [9.17, 15) is 0 Å². The highest BCUT2D eigenvalue weighted by Gasteiger charge is 2.07. The number of benzene rings is 1. The average Bonchev–Trinajstić information content (AvgIpc) is 3.04. The summed E-state index contributed by atoms with van der Waals surface area (Å²) in [6.45, 7) is 5.80. The van der Waals surface area contributed by atoms with Gasteiger partial charge in [-0.25, -0.2) is 0 Å². The molecule has 0 fully saturated rings. The summed E-state index contributed by atoms with van der Waals surface area (Å²) in [4.78, 5) is 1.21. The van der Waals surface area contributed by atoms with Gasteiger partial charge in [0.25, 0.3) is 0 Å². The lowest BCUT2D eigenvalue weighted by molar-refractivity contribution is -0.00000501. The van der Waals surface area contributed by atoms with Gasteiger partial charge in [-0.3, -0.25) is 0 Å². The smallest absolute Gasteiger partial charge is 0.161 e. The minimum Gasteiger partial charge on any atom is -1.00 e. The first-order valence-corrected chi connectivity index (χ1v) is 8.16. The third-order valence-electron chi connectivity index (χ3n) is 3.45. The molecule has 1 aromatic heterocycles. The quantitative estimate of drug-likeness (QED) is 0.784. The lowest BCUT2D eigenvalue weighted by Crippen LogP contribution is -3.00. The van der Waals surface area contributed by atoms with E-state index < -0.39 is 0 Å². The SMILES string of the molecule is CCC(C)NCc1ccc(OCc2cccs2)c(OC)c1.[Cl-]. The standard InChI is InChI=1S/C17H23NO2S.ClH/c1-4-13(2)18-11-14-7-8-16(17(10-14)19-3)20-12-15-6-5-9-21-15;/h5-10,13,18H,4,11-12H2,1-3H3;1H/p-1. The van der Waals surface area contributed by atoms with Gasteiger partial charge in [-0.2, -0.15) is 0 Å². The van der Waals surface area contributed by atoms with Crippen molar-refractivity contribution in [2.45, 2.75) is 39.5 Å². The molecule has 0 aliphatic heterocycles. The molecule has 22 heavy (non-hydrogen) atoms. The van der Waals surface area contributed by atoms with E-state index in [1.165, 1.54) is 10.4 Å². The van der Waals surface area contributed by atoms with E-state index in [0.717, 1.165) is 24.5 Å². The minimum absolute atomic E-state index is 0. The molecule has 0 radical (unpaired) electrons. The summed E-state index contributed by atoms with van der Waals surface area (Å²) in [7, 11) is 1.68. The van der Waals surface area contributed by atoms with E-state index >= 15 is 0 Å². The predicted octanol–water partition coefficient (Wildman–Crippen LogP) is 1.23. The van der Waals surface area contributed by atoms with Crippen LogP contribution in [0.25, 0.3) is 0 Å². The van der Waals surface area contributed by atoms with Gasteiger partial charge < -0.3 is 27.2 Å². The Balaban J connectivity index is 0.00000242. The van der Waals surface area contributed by atoms with Gasteiger partial charge in [-0.1, -0.05) is 19.1 Å². The summed E-state index contributed by atoms with van der Waals surface area (Å²) in [6.07, 6.45) is 1.12. The Labute approximate surface area is 143 Å². The molecule has 0 aliphatic rings. The van der Waals surface area contributed by atoms with Crippen molar-refractivity contribution in [2.75, 3.05) is 7.11 Å². The zero-order valence-corrected chi connectivity index (χ0v) is 14.8. The molecule has 0 saturated heterocycles. The van der Waals surface area contributed by atoms with Crippen molar-refractivity contribution < 1.29 is 21.9 Å². The molecule has 1 unspecified atom stereocenters. The van der Waals surface area contributed by atoms with Gasteiger partial charge in [0.15, 0.2) is 11.5 Å². The number of thiophene rings is 1. The maximum atomic E-state index is 5.84. The second-order valence-electron chi connectivity index (χ2n) is 5.04. The van der Waals surface area contributed by atoms with Crippen LogP contribution < -0.4 is 27.2 Å². The third-order valence-corrected chi connectivity index (χ3v) is 4.29. The second kappa shape index (κ2) is 9.72. The molecule has 0 amide bonds. The van der Waals surface area contributed by atoms with Crippen LogP contribution in [0.15, 0.2) is 35.7 Å². The second-order valence-corrected chi connectivity index (χ2v) is 6.08. The fraction of sp³-hybridized carbons (Fsp3) is 0.412. The Morgan fingerprint density at radius 1 is 1.23 bits per heavy atom. The number of ether oxygens (including phenoxy) is 2. The van der Waals surface area contributed by atoms with Crippen LogP contribution in [0.2, 0.25) is 0 Å². The monoisotopic (exact) mass is 340 g/mol. The molecule has 3 nitrogen and oxygen atoms in total. The largest absolute Gasteiger partial charge is 1.00 e. The fourth-order valence-electron chi connectivity index (χ4n) is 1.92. The summed E-state index contributed by atoms with van der Waals surface area (Å²) in [6, 6.07) is 10.7. The Hall–Kier alpha value is -1.23. The fourth-order valence-corrected chi connectivity index (χ4v) is 2.54. The van der Waals surface area contributed by atoms with Crippen LogP contribution in [0.5, 0.6) is 11.5 Å². The molecule has 2 aromatic rings. The van der Waals surface area contributed by atoms with Gasteiger partial charge >= 0.3 is 0 Å². The summed E-state index contributed by atoms with van der Waals surface area (Å²) < 4.78 is 11.3. The normalized spacial score (nSPS) is 11.6. The van der Waals surface area contributed by atoms with Gasteiger partial charge in [0, 0.05) is 17.5 Å². The molecule has 5 heteroatoms. The minimum atomic E-state index is 0. The molecule has 0 aliphatic carbocycles. The number of nitrogens with one attached hydrogen (secondary N) is 1. The van der Waals surface area contributed by atoms with E-state index in [-0.39, 0.29) is 12.4 Å². The average molecular weight is 341 g/mol. The lowest BCUT2D eigenvalue weighted by Gasteiger charge is -2.14. The highest BCUT2D eigenvalue weighted by atomic mass is 35.5. The van der Waals surface area contributed by atoms with Crippen LogP contribution in [0.4, 0.5) is 0 Å². The van der Waals surface area contributed by atoms with Gasteiger partial charge in [-0.05, 0) is 42.5 Å². The Morgan fingerprint density at radius 2 is 2.05 bits per heavy atom. The zero-order chi connectivity index (χ0) is 15.1. The maximum absolute atomic E-state index is 5.84. The van der Waals surface area contributed by atoms with Gasteiger partial charge in [0.1, 0.15) is 6.61 Å². The van der Waals surface area contributed by atoms with E-state index in [2.05, 4.69) is 36.7 Å².